The highest BCUT2D eigenvalue weighted by atomic mass is 16.2. The highest BCUT2D eigenvalue weighted by Crippen LogP contribution is 2.45. The molecule has 0 spiro atoms. The molecule has 2 aliphatic heterocycles. The average molecular weight is 488 g/mol. The number of carbonyl (C=O) groups is 4. The molecule has 180 valence electrons. The molecular weight excluding hydrogens is 466 g/mol. The van der Waals surface area contributed by atoms with E-state index in [4.69, 9.17) is 0 Å². The van der Waals surface area contributed by atoms with Crippen molar-refractivity contribution in [2.24, 2.45) is 0 Å². The predicted molar refractivity (Wildman–Crippen MR) is 137 cm³/mol. The Balaban J connectivity index is 1.56. The van der Waals surface area contributed by atoms with Crippen molar-refractivity contribution in [3.8, 4) is 0 Å². The highest BCUT2D eigenvalue weighted by Gasteiger charge is 2.61. The van der Waals surface area contributed by atoms with Gasteiger partial charge in [-0.25, -0.2) is 9.69 Å². The molecule has 0 N–H and O–H groups in total. The van der Waals surface area contributed by atoms with Crippen molar-refractivity contribution in [3.63, 3.8) is 0 Å². The lowest BCUT2D eigenvalue weighted by Gasteiger charge is -2.37. The number of anilines is 1. The summed E-state index contributed by atoms with van der Waals surface area (Å²) in [6.45, 7) is -0.399. The zero-order valence-electron chi connectivity index (χ0n) is 19.7. The second-order valence-corrected chi connectivity index (χ2v) is 8.85. The first-order chi connectivity index (χ1) is 18.0. The minimum absolute atomic E-state index is 0.274. The summed E-state index contributed by atoms with van der Waals surface area (Å²) in [5.41, 5.74) is 0.443. The van der Waals surface area contributed by atoms with Gasteiger partial charge in [0.25, 0.3) is 17.7 Å². The van der Waals surface area contributed by atoms with Crippen molar-refractivity contribution in [1.82, 2.24) is 9.80 Å². The average Bonchev–Trinajstić information content (AvgIpc) is 3.32. The van der Waals surface area contributed by atoms with E-state index in [1.54, 1.807) is 103 Å². The fraction of sp³-hybridized carbons (Fsp3) is 0.0667. The number of carbonyl (C=O) groups excluding carboxylic acids is 4. The van der Waals surface area contributed by atoms with Gasteiger partial charge in [-0.3, -0.25) is 24.2 Å². The van der Waals surface area contributed by atoms with E-state index in [0.717, 1.165) is 9.80 Å². The number of benzene rings is 4. The standard InChI is InChI=1S/C30H21N3O4/c34-26-24-18-10-11-19-25(24)27(35)31(26)20-32-29(37)33(23-16-8-3-9-17-23)28(36)30(32,21-12-4-1-5-13-21)22-14-6-2-7-15-22/h1-19H,20H2. The molecule has 0 aliphatic carbocycles. The molecule has 2 heterocycles. The van der Waals surface area contributed by atoms with Gasteiger partial charge in [-0.15, -0.1) is 0 Å². The zero-order valence-corrected chi connectivity index (χ0v) is 19.7. The molecule has 1 fully saturated rings. The number of hydrogen-bond acceptors (Lipinski definition) is 4. The van der Waals surface area contributed by atoms with E-state index in [1.165, 1.54) is 4.90 Å². The Morgan fingerprint density at radius 1 is 0.541 bits per heavy atom. The summed E-state index contributed by atoms with van der Waals surface area (Å²) in [5, 5.41) is 0. The third kappa shape index (κ3) is 3.21. The number of para-hydroxylation sites is 1. The van der Waals surface area contributed by atoms with Crippen LogP contribution in [0.2, 0.25) is 0 Å². The number of urea groups is 1. The molecule has 5 amide bonds. The van der Waals surface area contributed by atoms with Gasteiger partial charge in [0.1, 0.15) is 6.67 Å². The van der Waals surface area contributed by atoms with Gasteiger partial charge in [0.05, 0.1) is 16.8 Å². The molecule has 2 aliphatic rings. The Bertz CT molecular complexity index is 1460. The van der Waals surface area contributed by atoms with E-state index in [9.17, 15) is 19.2 Å². The van der Waals surface area contributed by atoms with Gasteiger partial charge >= 0.3 is 6.03 Å². The summed E-state index contributed by atoms with van der Waals surface area (Å²) >= 11 is 0. The number of hydrogen-bond donors (Lipinski definition) is 0. The number of rotatable bonds is 5. The van der Waals surface area contributed by atoms with Crippen molar-refractivity contribution in [2.75, 3.05) is 11.6 Å². The minimum atomic E-state index is -1.61. The largest absolute Gasteiger partial charge is 0.334 e. The Morgan fingerprint density at radius 2 is 0.973 bits per heavy atom. The molecule has 37 heavy (non-hydrogen) atoms. The summed E-state index contributed by atoms with van der Waals surface area (Å²) in [5.74, 6) is -1.50. The number of amides is 5. The Kier molecular flexibility index (Phi) is 5.19. The SMILES string of the molecule is O=C1c2ccccc2C(=O)N1CN1C(=O)N(c2ccccc2)C(=O)C1(c1ccccc1)c1ccccc1. The maximum Gasteiger partial charge on any atom is 0.334 e. The van der Waals surface area contributed by atoms with E-state index < -0.39 is 36.0 Å². The van der Waals surface area contributed by atoms with Crippen LogP contribution in [0.3, 0.4) is 0 Å². The zero-order chi connectivity index (χ0) is 25.6. The molecule has 6 rings (SSSR count). The summed E-state index contributed by atoms with van der Waals surface area (Å²) in [4.78, 5) is 58.7. The van der Waals surface area contributed by atoms with Crippen LogP contribution in [-0.4, -0.2) is 40.2 Å². The van der Waals surface area contributed by atoms with Crippen LogP contribution in [0.1, 0.15) is 31.8 Å². The fourth-order valence-corrected chi connectivity index (χ4v) is 5.19. The van der Waals surface area contributed by atoms with Crippen LogP contribution in [0.15, 0.2) is 115 Å². The quantitative estimate of drug-likeness (QED) is 0.303. The predicted octanol–water partition coefficient (Wildman–Crippen LogP) is 4.65. The van der Waals surface area contributed by atoms with Crippen molar-refractivity contribution in [1.29, 1.82) is 0 Å². The summed E-state index contributed by atoms with van der Waals surface area (Å²) in [6, 6.07) is 32.5. The normalized spacial score (nSPS) is 16.5. The molecule has 0 bridgehead atoms. The summed E-state index contributed by atoms with van der Waals surface area (Å²) in [6.07, 6.45) is 0. The topological polar surface area (TPSA) is 78.0 Å². The molecule has 0 unspecified atom stereocenters. The maximum absolute atomic E-state index is 14.5. The van der Waals surface area contributed by atoms with Gasteiger partial charge in [-0.2, -0.15) is 0 Å². The first-order valence-corrected chi connectivity index (χ1v) is 11.8. The molecular formula is C30H21N3O4. The molecule has 4 aromatic rings. The lowest BCUT2D eigenvalue weighted by molar-refractivity contribution is -0.123. The van der Waals surface area contributed by atoms with Crippen molar-refractivity contribution in [2.45, 2.75) is 5.54 Å². The van der Waals surface area contributed by atoms with Crippen molar-refractivity contribution >= 4 is 29.4 Å². The van der Waals surface area contributed by atoms with Crippen LogP contribution in [0.25, 0.3) is 0 Å². The van der Waals surface area contributed by atoms with Crippen molar-refractivity contribution in [3.05, 3.63) is 138 Å². The van der Waals surface area contributed by atoms with Gasteiger partial charge in [0.15, 0.2) is 5.54 Å². The van der Waals surface area contributed by atoms with Crippen LogP contribution >= 0.6 is 0 Å². The van der Waals surface area contributed by atoms with Gasteiger partial charge in [0, 0.05) is 0 Å². The van der Waals surface area contributed by atoms with E-state index >= 15 is 0 Å². The second-order valence-electron chi connectivity index (χ2n) is 8.85. The van der Waals surface area contributed by atoms with Gasteiger partial charge in [-0.1, -0.05) is 91.0 Å². The third-order valence-corrected chi connectivity index (χ3v) is 6.90. The lowest BCUT2D eigenvalue weighted by Crippen LogP contribution is -2.53. The van der Waals surface area contributed by atoms with Crippen LogP contribution in [0.5, 0.6) is 0 Å². The Labute approximate surface area is 213 Å². The van der Waals surface area contributed by atoms with Crippen LogP contribution in [-0.2, 0) is 10.3 Å². The fourth-order valence-electron chi connectivity index (χ4n) is 5.19. The molecule has 0 saturated carbocycles. The van der Waals surface area contributed by atoms with E-state index in [0.29, 0.717) is 16.8 Å². The van der Waals surface area contributed by atoms with E-state index in [1.807, 2.05) is 12.1 Å². The minimum Gasteiger partial charge on any atom is -0.283 e. The number of nitrogens with zero attached hydrogens (tertiary/aromatic N) is 3. The lowest BCUT2D eigenvalue weighted by atomic mass is 9.81. The number of fused-ring (bicyclic) bond motifs is 1. The van der Waals surface area contributed by atoms with Crippen molar-refractivity contribution < 1.29 is 19.2 Å². The number of imide groups is 2. The molecule has 4 aromatic carbocycles. The van der Waals surface area contributed by atoms with Gasteiger partial charge in [0.2, 0.25) is 0 Å². The second kappa shape index (κ2) is 8.57. The van der Waals surface area contributed by atoms with Crippen LogP contribution in [0.4, 0.5) is 10.5 Å². The first-order valence-electron chi connectivity index (χ1n) is 11.8. The van der Waals surface area contributed by atoms with Crippen LogP contribution in [0, 0.1) is 0 Å². The molecule has 0 atom stereocenters. The maximum atomic E-state index is 14.5. The van der Waals surface area contributed by atoms with E-state index in [2.05, 4.69) is 0 Å². The summed E-state index contributed by atoms with van der Waals surface area (Å²) < 4.78 is 0. The Morgan fingerprint density at radius 3 is 1.46 bits per heavy atom. The summed E-state index contributed by atoms with van der Waals surface area (Å²) in [7, 11) is 0. The molecule has 7 nitrogen and oxygen atoms in total. The highest BCUT2D eigenvalue weighted by molar-refractivity contribution is 6.25. The molecule has 7 heteroatoms. The Hall–Kier alpha value is -5.04. The van der Waals surface area contributed by atoms with Gasteiger partial charge < -0.3 is 0 Å². The monoisotopic (exact) mass is 487 g/mol. The van der Waals surface area contributed by atoms with Crippen LogP contribution < -0.4 is 4.90 Å². The molecule has 0 aromatic heterocycles. The van der Waals surface area contributed by atoms with Gasteiger partial charge in [-0.05, 0) is 35.4 Å². The smallest absolute Gasteiger partial charge is 0.283 e. The van der Waals surface area contributed by atoms with E-state index in [-0.39, 0.29) is 11.1 Å². The first kappa shape index (κ1) is 22.4. The molecule has 1 saturated heterocycles. The third-order valence-electron chi connectivity index (χ3n) is 6.90. The molecule has 0 radical (unpaired) electrons.